The summed E-state index contributed by atoms with van der Waals surface area (Å²) < 4.78 is 36.5. The Balaban J connectivity index is 1.55. The van der Waals surface area contributed by atoms with E-state index in [1.54, 1.807) is 24.5 Å². The number of halogens is 1. The zero-order valence-corrected chi connectivity index (χ0v) is 16.5. The van der Waals surface area contributed by atoms with E-state index in [1.807, 2.05) is 6.07 Å². The van der Waals surface area contributed by atoms with E-state index in [0.29, 0.717) is 37.3 Å². The molecule has 9 heteroatoms. The van der Waals surface area contributed by atoms with Gasteiger partial charge in [0.05, 0.1) is 11.3 Å². The Hall–Kier alpha value is -2.91. The maximum atomic E-state index is 13.1. The first-order valence-corrected chi connectivity index (χ1v) is 10.9. The molecule has 7 nitrogen and oxygen atoms in total. The summed E-state index contributed by atoms with van der Waals surface area (Å²) in [6.07, 6.45) is 5.00. The summed E-state index contributed by atoms with van der Waals surface area (Å²) in [5.74, 6) is -0.289. The highest BCUT2D eigenvalue weighted by Crippen LogP contribution is 2.22. The van der Waals surface area contributed by atoms with Gasteiger partial charge in [0.2, 0.25) is 15.0 Å². The minimum atomic E-state index is -3.57. The number of benzene rings is 1. The van der Waals surface area contributed by atoms with Gasteiger partial charge in [-0.15, -0.1) is 0 Å². The van der Waals surface area contributed by atoms with E-state index in [1.165, 1.54) is 12.1 Å². The smallest absolute Gasteiger partial charge is 0.256 e. The second-order valence-corrected chi connectivity index (χ2v) is 9.05. The van der Waals surface area contributed by atoms with Gasteiger partial charge in [0, 0.05) is 50.3 Å². The van der Waals surface area contributed by atoms with Crippen LogP contribution < -0.4 is 5.56 Å². The Labute approximate surface area is 167 Å². The van der Waals surface area contributed by atoms with Crippen LogP contribution in [0.15, 0.2) is 52.7 Å². The molecule has 0 saturated heterocycles. The average molecular weight is 414 g/mol. The fraction of sp³-hybridized carbons (Fsp3) is 0.250. The predicted octanol–water partition coefficient (Wildman–Crippen LogP) is 1.93. The quantitative estimate of drug-likeness (QED) is 0.656. The van der Waals surface area contributed by atoms with E-state index >= 15 is 0 Å². The third-order valence-corrected chi connectivity index (χ3v) is 5.75. The van der Waals surface area contributed by atoms with Crippen LogP contribution in [0.5, 0.6) is 0 Å². The van der Waals surface area contributed by atoms with Crippen LogP contribution in [0.2, 0.25) is 0 Å². The molecule has 0 saturated carbocycles. The molecule has 0 fully saturated rings. The Bertz CT molecular complexity index is 1220. The molecular weight excluding hydrogens is 395 g/mol. The monoisotopic (exact) mass is 414 g/mol. The molecule has 0 amide bonds. The molecule has 0 radical (unpaired) electrons. The Kier molecular flexibility index (Phi) is 5.01. The number of nitrogens with one attached hydrogen (secondary N) is 1. The highest BCUT2D eigenvalue weighted by atomic mass is 32.2. The first-order chi connectivity index (χ1) is 13.8. The number of fused-ring (bicyclic) bond motifs is 1. The molecule has 3 aromatic rings. The largest absolute Gasteiger partial charge is 0.297 e. The van der Waals surface area contributed by atoms with Crippen LogP contribution in [-0.2, 0) is 29.3 Å². The second kappa shape index (κ2) is 7.49. The van der Waals surface area contributed by atoms with Crippen molar-refractivity contribution in [2.24, 2.45) is 0 Å². The Morgan fingerprint density at radius 3 is 2.66 bits per heavy atom. The van der Waals surface area contributed by atoms with Gasteiger partial charge in [0.1, 0.15) is 5.82 Å². The van der Waals surface area contributed by atoms with Crippen molar-refractivity contribution < 1.29 is 12.8 Å². The number of hydrogen-bond acceptors (Lipinski definition) is 6. The van der Waals surface area contributed by atoms with E-state index in [9.17, 15) is 17.6 Å². The summed E-state index contributed by atoms with van der Waals surface area (Å²) in [7, 11) is -3.57. The maximum Gasteiger partial charge on any atom is 0.256 e. The van der Waals surface area contributed by atoms with Crippen LogP contribution in [0.4, 0.5) is 4.39 Å². The van der Waals surface area contributed by atoms with Gasteiger partial charge in [-0.05, 0) is 29.3 Å². The van der Waals surface area contributed by atoms with Crippen molar-refractivity contribution >= 4 is 9.84 Å². The average Bonchev–Trinajstić information content (AvgIpc) is 2.68. The second-order valence-electron chi connectivity index (χ2n) is 7.12. The lowest BCUT2D eigenvalue weighted by molar-refractivity contribution is 0.240. The van der Waals surface area contributed by atoms with Crippen molar-refractivity contribution in [2.75, 3.05) is 12.8 Å². The highest BCUT2D eigenvalue weighted by molar-refractivity contribution is 7.90. The topological polar surface area (TPSA) is 96.0 Å². The van der Waals surface area contributed by atoms with Crippen molar-refractivity contribution in [3.05, 3.63) is 75.7 Å². The molecule has 150 valence electrons. The van der Waals surface area contributed by atoms with Crippen LogP contribution in [0.1, 0.15) is 16.8 Å². The molecule has 0 aliphatic carbocycles. The maximum absolute atomic E-state index is 13.1. The molecule has 0 atom stereocenters. The summed E-state index contributed by atoms with van der Waals surface area (Å²) in [5.41, 5.74) is 3.33. The molecule has 4 rings (SSSR count). The summed E-state index contributed by atoms with van der Waals surface area (Å²) in [6.45, 7) is 1.60. The van der Waals surface area contributed by atoms with Gasteiger partial charge in [-0.3, -0.25) is 19.7 Å². The zero-order valence-electron chi connectivity index (χ0n) is 15.7. The first-order valence-electron chi connectivity index (χ1n) is 9.04. The third-order valence-electron chi connectivity index (χ3n) is 4.86. The molecule has 29 heavy (non-hydrogen) atoms. The van der Waals surface area contributed by atoms with Crippen molar-refractivity contribution in [3.8, 4) is 11.1 Å². The number of nitrogens with zero attached hydrogens (tertiary/aromatic N) is 3. The van der Waals surface area contributed by atoms with Crippen molar-refractivity contribution in [2.45, 2.75) is 24.7 Å². The summed E-state index contributed by atoms with van der Waals surface area (Å²) in [4.78, 5) is 25.2. The SMILES string of the molecule is CS(=O)(=O)c1nc2c(c(=O)[nH]1)CN(Cc1cncc(-c3ccc(F)cc3)c1)CC2. The first kappa shape index (κ1) is 19.4. The zero-order chi connectivity index (χ0) is 20.6. The van der Waals surface area contributed by atoms with Crippen molar-refractivity contribution in [1.82, 2.24) is 19.9 Å². The Morgan fingerprint density at radius 1 is 1.17 bits per heavy atom. The summed E-state index contributed by atoms with van der Waals surface area (Å²) >= 11 is 0. The number of aromatic nitrogens is 3. The molecule has 0 unspecified atom stereocenters. The van der Waals surface area contributed by atoms with E-state index in [4.69, 9.17) is 0 Å². The highest BCUT2D eigenvalue weighted by Gasteiger charge is 2.23. The van der Waals surface area contributed by atoms with Gasteiger partial charge < -0.3 is 0 Å². The Morgan fingerprint density at radius 2 is 1.93 bits per heavy atom. The fourth-order valence-corrected chi connectivity index (χ4v) is 3.96. The van der Waals surface area contributed by atoms with Gasteiger partial charge in [0.15, 0.2) is 0 Å². The molecule has 2 aromatic heterocycles. The number of hydrogen-bond donors (Lipinski definition) is 1. The van der Waals surface area contributed by atoms with E-state index in [0.717, 1.165) is 22.9 Å². The number of rotatable bonds is 4. The molecule has 1 aliphatic heterocycles. The van der Waals surface area contributed by atoms with Crippen molar-refractivity contribution in [1.29, 1.82) is 0 Å². The molecule has 3 heterocycles. The number of aromatic amines is 1. The van der Waals surface area contributed by atoms with Crippen LogP contribution in [0, 0.1) is 5.82 Å². The molecule has 1 N–H and O–H groups in total. The number of H-pyrrole nitrogens is 1. The van der Waals surface area contributed by atoms with Gasteiger partial charge in [-0.25, -0.2) is 17.8 Å². The number of sulfone groups is 1. The van der Waals surface area contributed by atoms with Crippen LogP contribution in [0.25, 0.3) is 11.1 Å². The van der Waals surface area contributed by atoms with Gasteiger partial charge in [-0.1, -0.05) is 12.1 Å². The standard InChI is InChI=1S/C20H19FN4O3S/c1-29(27,28)20-23-18-6-7-25(12-17(18)19(26)24-20)11-13-8-15(10-22-9-13)14-2-4-16(21)5-3-14/h2-5,8-10H,6-7,11-12H2,1H3,(H,23,24,26). The minimum Gasteiger partial charge on any atom is -0.297 e. The fourth-order valence-electron chi connectivity index (χ4n) is 3.40. The molecule has 1 aromatic carbocycles. The van der Waals surface area contributed by atoms with E-state index in [-0.39, 0.29) is 11.0 Å². The van der Waals surface area contributed by atoms with E-state index in [2.05, 4.69) is 19.9 Å². The van der Waals surface area contributed by atoms with Gasteiger partial charge in [-0.2, -0.15) is 0 Å². The third kappa shape index (κ3) is 4.25. The normalized spacial score (nSPS) is 14.6. The van der Waals surface area contributed by atoms with E-state index < -0.39 is 15.4 Å². The predicted molar refractivity (Wildman–Crippen MR) is 105 cm³/mol. The van der Waals surface area contributed by atoms with Crippen molar-refractivity contribution in [3.63, 3.8) is 0 Å². The summed E-state index contributed by atoms with van der Waals surface area (Å²) in [5, 5.41) is -0.286. The lowest BCUT2D eigenvalue weighted by atomic mass is 10.0. The van der Waals surface area contributed by atoms with Gasteiger partial charge in [0.25, 0.3) is 5.56 Å². The lowest BCUT2D eigenvalue weighted by Crippen LogP contribution is -2.36. The molecule has 0 spiro atoms. The number of pyridine rings is 1. The minimum absolute atomic E-state index is 0.286. The molecule has 1 aliphatic rings. The lowest BCUT2D eigenvalue weighted by Gasteiger charge is -2.27. The molecule has 0 bridgehead atoms. The molecular formula is C20H19FN4O3S. The van der Waals surface area contributed by atoms with Crippen LogP contribution in [0.3, 0.4) is 0 Å². The summed E-state index contributed by atoms with van der Waals surface area (Å²) in [6, 6.07) is 8.22. The van der Waals surface area contributed by atoms with Gasteiger partial charge >= 0.3 is 0 Å². The van der Waals surface area contributed by atoms with Crippen LogP contribution in [-0.4, -0.2) is 41.1 Å². The van der Waals surface area contributed by atoms with Crippen LogP contribution >= 0.6 is 0 Å².